The third kappa shape index (κ3) is 5.17. The number of carbonyl (C=O) groups is 2. The van der Waals surface area contributed by atoms with Crippen LogP contribution in [0.2, 0.25) is 0 Å². The highest BCUT2D eigenvalue weighted by Crippen LogP contribution is 2.22. The Morgan fingerprint density at radius 1 is 1.11 bits per heavy atom. The van der Waals surface area contributed by atoms with E-state index in [9.17, 15) is 9.59 Å². The zero-order chi connectivity index (χ0) is 19.4. The first-order valence-corrected chi connectivity index (χ1v) is 10.3. The van der Waals surface area contributed by atoms with Crippen LogP contribution in [0.4, 0.5) is 11.4 Å². The van der Waals surface area contributed by atoms with Crippen LogP contribution in [-0.4, -0.2) is 44.9 Å². The maximum absolute atomic E-state index is 12.3. The van der Waals surface area contributed by atoms with E-state index in [0.717, 1.165) is 47.2 Å². The third-order valence-corrected chi connectivity index (χ3v) is 6.02. The molecule has 2 aromatic rings. The largest absolute Gasteiger partial charge is 0.360 e. The van der Waals surface area contributed by atoms with Crippen molar-refractivity contribution >= 4 is 34.4 Å². The molecule has 0 unspecified atom stereocenters. The molecule has 1 saturated heterocycles. The molecule has 1 aromatic carbocycles. The summed E-state index contributed by atoms with van der Waals surface area (Å²) in [5, 5.41) is 2.89. The van der Waals surface area contributed by atoms with Crippen LogP contribution in [0, 0.1) is 13.8 Å². The number of hydrogen-bond donors (Lipinski definition) is 2. The number of ketones is 1. The number of benzene rings is 1. The Morgan fingerprint density at radius 3 is 2.37 bits per heavy atom. The fourth-order valence-corrected chi connectivity index (χ4v) is 4.34. The predicted molar refractivity (Wildman–Crippen MR) is 111 cm³/mol. The number of hydrogen-bond acceptors (Lipinski definition) is 4. The number of carbonyl (C=O) groups excluding carboxylic acids is 2. The van der Waals surface area contributed by atoms with Gasteiger partial charge in [-0.2, -0.15) is 0 Å². The zero-order valence-electron chi connectivity index (χ0n) is 16.3. The molecule has 0 radical (unpaired) electrons. The van der Waals surface area contributed by atoms with Gasteiger partial charge in [-0.05, 0) is 44.2 Å². The molecule has 2 heterocycles. The number of nitrogens with one attached hydrogen (secondary N) is 2. The van der Waals surface area contributed by atoms with E-state index in [1.807, 2.05) is 32.0 Å². The second kappa shape index (κ2) is 8.67. The molecule has 27 heavy (non-hydrogen) atoms. The Hall–Kier alpha value is -2.18. The molecule has 6 heteroatoms. The topological polar surface area (TPSA) is 53.9 Å². The lowest BCUT2D eigenvalue weighted by atomic mass is 10.1. The average Bonchev–Trinajstić information content (AvgIpc) is 2.99. The summed E-state index contributed by atoms with van der Waals surface area (Å²) < 4.78 is 0. The number of thiophene rings is 1. The number of likely N-dealkylation sites (N-methyl/N-ethyl adjacent to an activating group) is 1. The summed E-state index contributed by atoms with van der Waals surface area (Å²) in [6, 6.07) is 9.90. The standard InChI is InChI=1S/C21H27N3O2S/c1-15-14-19(16(2)27-15)20(25)8-9-21(26)22-17-4-6-18(7-5-17)24-12-10-23(3)11-13-24/h4-7,14H,8-13H2,1-3H3,(H,22,26)/p+1. The molecule has 0 atom stereocenters. The minimum Gasteiger partial charge on any atom is -0.360 e. The molecule has 0 bridgehead atoms. The van der Waals surface area contributed by atoms with Gasteiger partial charge in [0, 0.05) is 39.5 Å². The molecule has 0 saturated carbocycles. The van der Waals surface area contributed by atoms with Crippen molar-refractivity contribution in [2.75, 3.05) is 43.4 Å². The summed E-state index contributed by atoms with van der Waals surface area (Å²) in [7, 11) is 2.22. The predicted octanol–water partition coefficient (Wildman–Crippen LogP) is 2.30. The molecule has 1 amide bonds. The van der Waals surface area contributed by atoms with Crippen molar-refractivity contribution in [1.82, 2.24) is 0 Å². The lowest BCUT2D eigenvalue weighted by Gasteiger charge is -2.31. The Morgan fingerprint density at radius 2 is 1.78 bits per heavy atom. The van der Waals surface area contributed by atoms with Crippen molar-refractivity contribution in [3.8, 4) is 0 Å². The highest BCUT2D eigenvalue weighted by atomic mass is 32.1. The van der Waals surface area contributed by atoms with Crippen molar-refractivity contribution in [2.24, 2.45) is 0 Å². The lowest BCUT2D eigenvalue weighted by Crippen LogP contribution is -3.12. The lowest BCUT2D eigenvalue weighted by molar-refractivity contribution is -0.880. The van der Waals surface area contributed by atoms with Crippen LogP contribution in [-0.2, 0) is 4.79 Å². The minimum atomic E-state index is -0.121. The van der Waals surface area contributed by atoms with Gasteiger partial charge in [0.1, 0.15) is 0 Å². The molecule has 144 valence electrons. The van der Waals surface area contributed by atoms with Crippen LogP contribution in [0.1, 0.15) is 33.0 Å². The van der Waals surface area contributed by atoms with Crippen molar-refractivity contribution in [3.05, 3.63) is 45.6 Å². The highest BCUT2D eigenvalue weighted by molar-refractivity contribution is 7.12. The minimum absolute atomic E-state index is 0.0412. The van der Waals surface area contributed by atoms with Crippen molar-refractivity contribution in [3.63, 3.8) is 0 Å². The van der Waals surface area contributed by atoms with Crippen molar-refractivity contribution in [2.45, 2.75) is 26.7 Å². The number of piperazine rings is 1. The summed E-state index contributed by atoms with van der Waals surface area (Å²) in [6.07, 6.45) is 0.445. The van der Waals surface area contributed by atoms with E-state index >= 15 is 0 Å². The van der Waals surface area contributed by atoms with Crippen molar-refractivity contribution in [1.29, 1.82) is 0 Å². The summed E-state index contributed by atoms with van der Waals surface area (Å²) in [5.41, 5.74) is 2.72. The second-order valence-corrected chi connectivity index (χ2v) is 8.75. The number of aryl methyl sites for hydroxylation is 2. The maximum atomic E-state index is 12.3. The van der Waals surface area contributed by atoms with Gasteiger partial charge in [0.05, 0.1) is 33.2 Å². The van der Waals surface area contributed by atoms with Crippen LogP contribution in [0.15, 0.2) is 30.3 Å². The van der Waals surface area contributed by atoms with Crippen LogP contribution < -0.4 is 15.1 Å². The quantitative estimate of drug-likeness (QED) is 0.749. The van der Waals surface area contributed by atoms with Gasteiger partial charge in [-0.15, -0.1) is 11.3 Å². The molecule has 1 aliphatic rings. The number of Topliss-reactive ketones (excluding diaryl/α,β-unsaturated/α-hetero) is 1. The van der Waals surface area contributed by atoms with Gasteiger partial charge < -0.3 is 15.1 Å². The molecule has 2 N–H and O–H groups in total. The smallest absolute Gasteiger partial charge is 0.224 e. The maximum Gasteiger partial charge on any atom is 0.224 e. The number of rotatable bonds is 6. The Labute approximate surface area is 165 Å². The van der Waals surface area contributed by atoms with Gasteiger partial charge in [-0.25, -0.2) is 0 Å². The fourth-order valence-electron chi connectivity index (χ4n) is 3.40. The summed E-state index contributed by atoms with van der Waals surface area (Å²) >= 11 is 1.62. The van der Waals surface area contributed by atoms with Gasteiger partial charge in [0.25, 0.3) is 0 Å². The summed E-state index contributed by atoms with van der Waals surface area (Å²) in [4.78, 5) is 30.6. The molecular formula is C21H28N3O2S+. The summed E-state index contributed by atoms with van der Waals surface area (Å²) in [5.74, 6) is -0.0801. The molecule has 1 fully saturated rings. The second-order valence-electron chi connectivity index (χ2n) is 7.29. The Kier molecular flexibility index (Phi) is 6.29. The van der Waals surface area contributed by atoms with E-state index in [0.29, 0.717) is 0 Å². The van der Waals surface area contributed by atoms with Crippen LogP contribution >= 0.6 is 11.3 Å². The molecule has 1 aliphatic heterocycles. The van der Waals surface area contributed by atoms with Gasteiger partial charge in [0.15, 0.2) is 5.78 Å². The first-order valence-electron chi connectivity index (χ1n) is 9.49. The van der Waals surface area contributed by atoms with E-state index in [1.165, 1.54) is 5.69 Å². The average molecular weight is 387 g/mol. The van der Waals surface area contributed by atoms with Gasteiger partial charge in [-0.3, -0.25) is 9.59 Å². The molecule has 0 aliphatic carbocycles. The van der Waals surface area contributed by atoms with E-state index in [1.54, 1.807) is 16.2 Å². The molecule has 5 nitrogen and oxygen atoms in total. The first-order chi connectivity index (χ1) is 12.9. The highest BCUT2D eigenvalue weighted by Gasteiger charge is 2.17. The molecular weight excluding hydrogens is 358 g/mol. The Bertz CT molecular complexity index is 805. The number of anilines is 2. The SMILES string of the molecule is Cc1cc(C(=O)CCC(=O)Nc2ccc(N3CC[NH+](C)CC3)cc2)c(C)s1. The summed E-state index contributed by atoms with van der Waals surface area (Å²) in [6.45, 7) is 8.36. The van der Waals surface area contributed by atoms with E-state index < -0.39 is 0 Å². The van der Waals surface area contributed by atoms with Crippen molar-refractivity contribution < 1.29 is 14.5 Å². The normalized spacial score (nSPS) is 15.0. The number of quaternary nitrogens is 1. The van der Waals surface area contributed by atoms with Gasteiger partial charge in [0.2, 0.25) is 5.91 Å². The van der Waals surface area contributed by atoms with Gasteiger partial charge >= 0.3 is 0 Å². The van der Waals surface area contributed by atoms with Gasteiger partial charge in [-0.1, -0.05) is 0 Å². The van der Waals surface area contributed by atoms with Crippen LogP contribution in [0.5, 0.6) is 0 Å². The van der Waals surface area contributed by atoms with E-state index in [-0.39, 0.29) is 24.5 Å². The first kappa shape index (κ1) is 19.6. The number of amides is 1. The fraction of sp³-hybridized carbons (Fsp3) is 0.429. The van der Waals surface area contributed by atoms with Crippen LogP contribution in [0.3, 0.4) is 0 Å². The molecule has 1 aromatic heterocycles. The monoisotopic (exact) mass is 386 g/mol. The Balaban J connectivity index is 1.49. The van der Waals surface area contributed by atoms with Crippen LogP contribution in [0.25, 0.3) is 0 Å². The molecule has 3 rings (SSSR count). The zero-order valence-corrected chi connectivity index (χ0v) is 17.1. The van der Waals surface area contributed by atoms with E-state index in [2.05, 4.69) is 29.4 Å². The van der Waals surface area contributed by atoms with E-state index in [4.69, 9.17) is 0 Å². The third-order valence-electron chi connectivity index (χ3n) is 5.05. The molecule has 0 spiro atoms. The number of nitrogens with zero attached hydrogens (tertiary/aromatic N) is 1.